The molecule has 0 fully saturated rings. The van der Waals surface area contributed by atoms with Crippen molar-refractivity contribution in [3.8, 4) is 0 Å². The average molecular weight is 390 g/mol. The van der Waals surface area contributed by atoms with Crippen molar-refractivity contribution in [1.29, 1.82) is 0 Å². The van der Waals surface area contributed by atoms with Crippen molar-refractivity contribution in [3.63, 3.8) is 0 Å². The Morgan fingerprint density at radius 2 is 1.75 bits per heavy atom. The number of halogens is 1. The van der Waals surface area contributed by atoms with Gasteiger partial charge in [-0.15, -0.1) is 0 Å². The fourth-order valence-electron chi connectivity index (χ4n) is 2.42. The highest BCUT2D eigenvalue weighted by Crippen LogP contribution is 2.13. The van der Waals surface area contributed by atoms with Gasteiger partial charge in [-0.2, -0.15) is 0 Å². The number of aryl methyl sites for hydroxylation is 1. The van der Waals surface area contributed by atoms with E-state index in [0.29, 0.717) is 19.3 Å². The van der Waals surface area contributed by atoms with Crippen LogP contribution >= 0.6 is 15.9 Å². The molecule has 0 saturated heterocycles. The number of carboxylic acids is 1. The molecule has 2 aromatic carbocycles. The van der Waals surface area contributed by atoms with E-state index in [9.17, 15) is 14.7 Å². The molecule has 0 aliphatic rings. The van der Waals surface area contributed by atoms with E-state index in [1.165, 1.54) is 0 Å². The number of aliphatic carboxylic acids is 1. The Kier molecular flexibility index (Phi) is 7.00. The van der Waals surface area contributed by atoms with Crippen LogP contribution in [0.15, 0.2) is 59.1 Å². The molecule has 0 aliphatic carbocycles. The highest BCUT2D eigenvalue weighted by atomic mass is 79.9. The largest absolute Gasteiger partial charge is 0.481 e. The van der Waals surface area contributed by atoms with E-state index in [1.54, 1.807) is 0 Å². The predicted molar refractivity (Wildman–Crippen MR) is 96.7 cm³/mol. The maximum atomic E-state index is 12.0. The average Bonchev–Trinajstić information content (AvgIpc) is 2.57. The molecule has 1 amide bonds. The van der Waals surface area contributed by atoms with Crippen LogP contribution in [0.25, 0.3) is 0 Å². The molecule has 126 valence electrons. The molecule has 0 bridgehead atoms. The summed E-state index contributed by atoms with van der Waals surface area (Å²) < 4.78 is 0.981. The summed E-state index contributed by atoms with van der Waals surface area (Å²) in [5.41, 5.74) is 2.02. The topological polar surface area (TPSA) is 66.4 Å². The normalized spacial score (nSPS) is 11.7. The Labute approximate surface area is 150 Å². The third-order valence-corrected chi connectivity index (χ3v) is 4.24. The molecule has 2 rings (SSSR count). The lowest BCUT2D eigenvalue weighted by Crippen LogP contribution is -2.34. The fraction of sp³-hybridized carbons (Fsp3) is 0.263. The lowest BCUT2D eigenvalue weighted by molar-refractivity contribution is -0.141. The SMILES string of the molecule is O=C(CCc1cccc(Br)c1)NCC(Cc1ccccc1)C(=O)O. The van der Waals surface area contributed by atoms with Gasteiger partial charge in [0.05, 0.1) is 5.92 Å². The van der Waals surface area contributed by atoms with Crippen LogP contribution in [0.4, 0.5) is 0 Å². The minimum absolute atomic E-state index is 0.130. The highest BCUT2D eigenvalue weighted by Gasteiger charge is 2.18. The summed E-state index contributed by atoms with van der Waals surface area (Å²) in [5.74, 6) is -1.65. The molecule has 0 aromatic heterocycles. The van der Waals surface area contributed by atoms with E-state index >= 15 is 0 Å². The zero-order chi connectivity index (χ0) is 17.4. The molecule has 0 saturated carbocycles. The van der Waals surface area contributed by atoms with E-state index in [4.69, 9.17) is 0 Å². The number of rotatable bonds is 8. The van der Waals surface area contributed by atoms with Crippen molar-refractivity contribution in [2.24, 2.45) is 5.92 Å². The first-order valence-corrected chi connectivity index (χ1v) is 8.62. The second-order valence-electron chi connectivity index (χ2n) is 5.66. The molecule has 2 aromatic rings. The molecule has 0 spiro atoms. The van der Waals surface area contributed by atoms with Crippen molar-refractivity contribution in [1.82, 2.24) is 5.32 Å². The number of carbonyl (C=O) groups excluding carboxylic acids is 1. The monoisotopic (exact) mass is 389 g/mol. The number of hydrogen-bond donors (Lipinski definition) is 2. The van der Waals surface area contributed by atoms with Crippen molar-refractivity contribution >= 4 is 27.8 Å². The molecule has 0 heterocycles. The Morgan fingerprint density at radius 3 is 2.42 bits per heavy atom. The summed E-state index contributed by atoms with van der Waals surface area (Å²) in [6.45, 7) is 0.140. The molecule has 1 unspecified atom stereocenters. The summed E-state index contributed by atoms with van der Waals surface area (Å²) in [4.78, 5) is 23.3. The van der Waals surface area contributed by atoms with Gasteiger partial charge in [0.25, 0.3) is 0 Å². The zero-order valence-electron chi connectivity index (χ0n) is 13.2. The second kappa shape index (κ2) is 9.23. The zero-order valence-corrected chi connectivity index (χ0v) is 14.8. The molecule has 0 aliphatic heterocycles. The molecule has 0 radical (unpaired) electrons. The van der Waals surface area contributed by atoms with Gasteiger partial charge < -0.3 is 10.4 Å². The van der Waals surface area contributed by atoms with E-state index in [0.717, 1.165) is 15.6 Å². The maximum absolute atomic E-state index is 12.0. The van der Waals surface area contributed by atoms with Gasteiger partial charge in [-0.1, -0.05) is 58.4 Å². The predicted octanol–water partition coefficient (Wildman–Crippen LogP) is 3.44. The Balaban J connectivity index is 1.80. The summed E-state index contributed by atoms with van der Waals surface area (Å²) in [5, 5.41) is 12.1. The van der Waals surface area contributed by atoms with Gasteiger partial charge in [-0.05, 0) is 36.1 Å². The molecule has 24 heavy (non-hydrogen) atoms. The standard InChI is InChI=1S/C19H20BrNO3/c20-17-8-4-7-15(12-17)9-10-18(22)21-13-16(19(23)24)11-14-5-2-1-3-6-14/h1-8,12,16H,9-11,13H2,(H,21,22)(H,23,24). The van der Waals surface area contributed by atoms with Crippen LogP contribution in [0.3, 0.4) is 0 Å². The quantitative estimate of drug-likeness (QED) is 0.726. The van der Waals surface area contributed by atoms with Gasteiger partial charge in [0.2, 0.25) is 5.91 Å². The smallest absolute Gasteiger partial charge is 0.308 e. The molecule has 2 N–H and O–H groups in total. The lowest BCUT2D eigenvalue weighted by Gasteiger charge is -2.13. The van der Waals surface area contributed by atoms with E-state index in [2.05, 4.69) is 21.2 Å². The summed E-state index contributed by atoms with van der Waals surface area (Å²) in [6.07, 6.45) is 1.37. The van der Waals surface area contributed by atoms with Gasteiger partial charge in [-0.25, -0.2) is 0 Å². The van der Waals surface area contributed by atoms with E-state index in [1.807, 2.05) is 54.6 Å². The highest BCUT2D eigenvalue weighted by molar-refractivity contribution is 9.10. The number of benzene rings is 2. The van der Waals surface area contributed by atoms with Crippen LogP contribution in [0.2, 0.25) is 0 Å². The van der Waals surface area contributed by atoms with Gasteiger partial charge in [0, 0.05) is 17.4 Å². The van der Waals surface area contributed by atoms with Crippen LogP contribution < -0.4 is 5.32 Å². The number of carboxylic acid groups (broad SMARTS) is 1. The molecular weight excluding hydrogens is 370 g/mol. The molecular formula is C19H20BrNO3. The minimum Gasteiger partial charge on any atom is -0.481 e. The Morgan fingerprint density at radius 1 is 1.04 bits per heavy atom. The molecule has 5 heteroatoms. The number of carbonyl (C=O) groups is 2. The van der Waals surface area contributed by atoms with E-state index in [-0.39, 0.29) is 12.5 Å². The second-order valence-corrected chi connectivity index (χ2v) is 6.57. The number of nitrogens with one attached hydrogen (secondary N) is 1. The van der Waals surface area contributed by atoms with Crippen LogP contribution in [0, 0.1) is 5.92 Å². The first kappa shape index (κ1) is 18.2. The van der Waals surface area contributed by atoms with Crippen LogP contribution in [0.1, 0.15) is 17.5 Å². The van der Waals surface area contributed by atoms with Gasteiger partial charge in [0.15, 0.2) is 0 Å². The van der Waals surface area contributed by atoms with Crippen LogP contribution in [0.5, 0.6) is 0 Å². The minimum atomic E-state index is -0.897. The molecule has 1 atom stereocenters. The maximum Gasteiger partial charge on any atom is 0.308 e. The first-order chi connectivity index (χ1) is 11.5. The first-order valence-electron chi connectivity index (χ1n) is 7.82. The summed E-state index contributed by atoms with van der Waals surface area (Å²) in [7, 11) is 0. The van der Waals surface area contributed by atoms with Gasteiger partial charge in [-0.3, -0.25) is 9.59 Å². The Bertz CT molecular complexity index is 688. The third kappa shape index (κ3) is 6.16. The van der Waals surface area contributed by atoms with Crippen LogP contribution in [-0.4, -0.2) is 23.5 Å². The number of hydrogen-bond acceptors (Lipinski definition) is 2. The lowest BCUT2D eigenvalue weighted by atomic mass is 9.99. The fourth-order valence-corrected chi connectivity index (χ4v) is 2.87. The van der Waals surface area contributed by atoms with Crippen molar-refractivity contribution in [2.75, 3.05) is 6.54 Å². The van der Waals surface area contributed by atoms with Crippen LogP contribution in [-0.2, 0) is 22.4 Å². The summed E-state index contributed by atoms with van der Waals surface area (Å²) in [6, 6.07) is 17.2. The van der Waals surface area contributed by atoms with Gasteiger partial charge >= 0.3 is 5.97 Å². The summed E-state index contributed by atoms with van der Waals surface area (Å²) >= 11 is 3.40. The Hall–Kier alpha value is -2.14. The molecule has 4 nitrogen and oxygen atoms in total. The van der Waals surface area contributed by atoms with Crippen molar-refractivity contribution < 1.29 is 14.7 Å². The number of amides is 1. The van der Waals surface area contributed by atoms with E-state index < -0.39 is 11.9 Å². The third-order valence-electron chi connectivity index (χ3n) is 3.75. The van der Waals surface area contributed by atoms with Crippen molar-refractivity contribution in [2.45, 2.75) is 19.3 Å². The van der Waals surface area contributed by atoms with Gasteiger partial charge in [0.1, 0.15) is 0 Å². The van der Waals surface area contributed by atoms with Crippen molar-refractivity contribution in [3.05, 3.63) is 70.2 Å².